The highest BCUT2D eigenvalue weighted by Crippen LogP contribution is 2.41. The third kappa shape index (κ3) is 7.34. The molecular formula is C66H44N2O. The molecule has 0 unspecified atom stereocenters. The van der Waals surface area contributed by atoms with Gasteiger partial charge in [-0.3, -0.25) is 0 Å². The van der Waals surface area contributed by atoms with Crippen molar-refractivity contribution >= 4 is 60.8 Å². The Balaban J connectivity index is 0.861. The summed E-state index contributed by atoms with van der Waals surface area (Å²) in [5.74, 6) is 0. The lowest BCUT2D eigenvalue weighted by molar-refractivity contribution is 0.669. The van der Waals surface area contributed by atoms with Gasteiger partial charge in [0.2, 0.25) is 0 Å². The Labute approximate surface area is 401 Å². The van der Waals surface area contributed by atoms with E-state index in [-0.39, 0.29) is 0 Å². The van der Waals surface area contributed by atoms with Crippen LogP contribution in [0.4, 0.5) is 17.1 Å². The van der Waals surface area contributed by atoms with Crippen LogP contribution in [0.5, 0.6) is 0 Å². The zero-order valence-corrected chi connectivity index (χ0v) is 37.7. The molecule has 2 heterocycles. The molecule has 0 aliphatic heterocycles. The number of nitrogens with zero attached hydrogens (tertiary/aromatic N) is 2. The molecule has 0 saturated carbocycles. The summed E-state index contributed by atoms with van der Waals surface area (Å²) in [6.45, 7) is 0. The number of benzene rings is 11. The SMILES string of the molecule is c1ccc(-c2cc(-c3ccccc3)cc(-c3ccc(N(c4ccc(-c5ccc(-n6c7ccccc7c7ccccc76)cc5)cc4)c4ccc(-c5ccc6c(c5)oc5ccccc56)cc4)cc3)c2)cc1. The van der Waals surface area contributed by atoms with Crippen LogP contribution in [-0.2, 0) is 0 Å². The molecule has 0 atom stereocenters. The first-order valence-corrected chi connectivity index (χ1v) is 23.6. The smallest absolute Gasteiger partial charge is 0.136 e. The predicted octanol–water partition coefficient (Wildman–Crippen LogP) is 18.5. The van der Waals surface area contributed by atoms with E-state index in [4.69, 9.17) is 4.42 Å². The maximum Gasteiger partial charge on any atom is 0.136 e. The topological polar surface area (TPSA) is 21.3 Å². The van der Waals surface area contributed by atoms with Gasteiger partial charge in [-0.2, -0.15) is 0 Å². The standard InChI is InChI=1S/C66H44N2O/c1-3-13-45(14-4-1)52-41-53(46-15-5-2-6-16-46)43-54(42-52)50-29-36-57(37-30-50)67(56-34-27-49(28-35-56)51-31-40-62-61-19-9-12-22-65(61)69-66(62)44-51)55-32-23-47(24-33-55)48-25-38-58(39-26-48)68-63-20-10-7-17-59(63)60-18-8-11-21-64(60)68/h1-44H. The second-order valence-corrected chi connectivity index (χ2v) is 17.7. The molecule has 3 nitrogen and oxygen atoms in total. The largest absolute Gasteiger partial charge is 0.456 e. The highest BCUT2D eigenvalue weighted by molar-refractivity contribution is 6.09. The van der Waals surface area contributed by atoms with Gasteiger partial charge < -0.3 is 13.9 Å². The van der Waals surface area contributed by atoms with Crippen LogP contribution < -0.4 is 4.90 Å². The maximum atomic E-state index is 6.28. The average Bonchev–Trinajstić information content (AvgIpc) is 3.97. The van der Waals surface area contributed by atoms with E-state index in [1.165, 1.54) is 55.2 Å². The van der Waals surface area contributed by atoms with Crippen LogP contribution in [0.1, 0.15) is 0 Å². The van der Waals surface area contributed by atoms with Gasteiger partial charge in [0.1, 0.15) is 11.2 Å². The summed E-state index contributed by atoms with van der Waals surface area (Å²) in [6.07, 6.45) is 0. The van der Waals surface area contributed by atoms with Crippen LogP contribution in [0.15, 0.2) is 271 Å². The number of hydrogen-bond donors (Lipinski definition) is 0. The highest BCUT2D eigenvalue weighted by Gasteiger charge is 2.17. The number of rotatable bonds is 9. The van der Waals surface area contributed by atoms with Crippen molar-refractivity contribution in [2.24, 2.45) is 0 Å². The zero-order valence-electron chi connectivity index (χ0n) is 37.7. The Morgan fingerprint density at radius 2 is 0.609 bits per heavy atom. The number of furan rings is 1. The number of aromatic nitrogens is 1. The minimum absolute atomic E-state index is 0.895. The summed E-state index contributed by atoms with van der Waals surface area (Å²) < 4.78 is 8.64. The Hall–Kier alpha value is -9.18. The molecule has 0 aliphatic rings. The van der Waals surface area contributed by atoms with Crippen molar-refractivity contribution in [2.75, 3.05) is 4.90 Å². The second-order valence-electron chi connectivity index (χ2n) is 17.7. The first-order chi connectivity index (χ1) is 34.2. The lowest BCUT2D eigenvalue weighted by Gasteiger charge is -2.26. The maximum absolute atomic E-state index is 6.28. The lowest BCUT2D eigenvalue weighted by atomic mass is 9.93. The number of fused-ring (bicyclic) bond motifs is 6. The Morgan fingerprint density at radius 3 is 1.12 bits per heavy atom. The van der Waals surface area contributed by atoms with Crippen LogP contribution in [0.2, 0.25) is 0 Å². The molecule has 2 aromatic heterocycles. The van der Waals surface area contributed by atoms with Crippen molar-refractivity contribution in [2.45, 2.75) is 0 Å². The van der Waals surface area contributed by atoms with Crippen LogP contribution >= 0.6 is 0 Å². The summed E-state index contributed by atoms with van der Waals surface area (Å²) in [7, 11) is 0. The summed E-state index contributed by atoms with van der Waals surface area (Å²) in [5, 5.41) is 4.80. The molecule has 0 bridgehead atoms. The van der Waals surface area contributed by atoms with E-state index >= 15 is 0 Å². The van der Waals surface area contributed by atoms with Crippen LogP contribution in [0.3, 0.4) is 0 Å². The molecule has 11 aromatic carbocycles. The second kappa shape index (κ2) is 16.9. The molecule has 0 N–H and O–H groups in total. The fraction of sp³-hybridized carbons (Fsp3) is 0. The van der Waals surface area contributed by atoms with Gasteiger partial charge in [0.15, 0.2) is 0 Å². The predicted molar refractivity (Wildman–Crippen MR) is 290 cm³/mol. The Bertz CT molecular complexity index is 3850. The van der Waals surface area contributed by atoms with Crippen LogP contribution in [-0.4, -0.2) is 4.57 Å². The monoisotopic (exact) mass is 880 g/mol. The van der Waals surface area contributed by atoms with Gasteiger partial charge in [0.05, 0.1) is 11.0 Å². The minimum atomic E-state index is 0.895. The van der Waals surface area contributed by atoms with Crippen LogP contribution in [0, 0.1) is 0 Å². The van der Waals surface area contributed by atoms with E-state index in [2.05, 4.69) is 264 Å². The van der Waals surface area contributed by atoms with Gasteiger partial charge in [-0.05, 0) is 153 Å². The normalized spacial score (nSPS) is 11.5. The first-order valence-electron chi connectivity index (χ1n) is 23.6. The molecule has 0 spiro atoms. The van der Waals surface area contributed by atoms with Crippen molar-refractivity contribution < 1.29 is 4.42 Å². The lowest BCUT2D eigenvalue weighted by Crippen LogP contribution is -2.09. The minimum Gasteiger partial charge on any atom is -0.456 e. The molecular weight excluding hydrogens is 837 g/mol. The van der Waals surface area contributed by atoms with E-state index in [0.29, 0.717) is 0 Å². The summed E-state index contributed by atoms with van der Waals surface area (Å²) in [6, 6.07) is 96.1. The molecule has 0 aliphatic carbocycles. The number of para-hydroxylation sites is 3. The number of anilines is 3. The molecule has 0 amide bonds. The van der Waals surface area contributed by atoms with E-state index < -0.39 is 0 Å². The van der Waals surface area contributed by atoms with Crippen molar-refractivity contribution in [1.29, 1.82) is 0 Å². The van der Waals surface area contributed by atoms with Crippen molar-refractivity contribution in [3.05, 3.63) is 267 Å². The molecule has 3 heteroatoms. The van der Waals surface area contributed by atoms with Crippen molar-refractivity contribution in [1.82, 2.24) is 4.57 Å². The van der Waals surface area contributed by atoms with Gasteiger partial charge in [-0.1, -0.05) is 170 Å². The van der Waals surface area contributed by atoms with E-state index in [1.54, 1.807) is 0 Å². The summed E-state index contributed by atoms with van der Waals surface area (Å²) >= 11 is 0. The molecule has 0 radical (unpaired) electrons. The molecule has 0 saturated heterocycles. The van der Waals surface area contributed by atoms with E-state index in [9.17, 15) is 0 Å². The van der Waals surface area contributed by atoms with Gasteiger partial charge >= 0.3 is 0 Å². The van der Waals surface area contributed by atoms with Gasteiger partial charge in [0, 0.05) is 44.3 Å². The molecule has 324 valence electrons. The molecule has 69 heavy (non-hydrogen) atoms. The fourth-order valence-corrected chi connectivity index (χ4v) is 10.2. The third-order valence-corrected chi connectivity index (χ3v) is 13.6. The van der Waals surface area contributed by atoms with Crippen molar-refractivity contribution in [3.8, 4) is 61.3 Å². The van der Waals surface area contributed by atoms with Crippen LogP contribution in [0.25, 0.3) is 105 Å². The average molecular weight is 881 g/mol. The van der Waals surface area contributed by atoms with E-state index in [0.717, 1.165) is 66.9 Å². The summed E-state index contributed by atoms with van der Waals surface area (Å²) in [5.41, 5.74) is 20.3. The zero-order chi connectivity index (χ0) is 45.7. The van der Waals surface area contributed by atoms with Gasteiger partial charge in [-0.25, -0.2) is 0 Å². The molecule has 13 rings (SSSR count). The first kappa shape index (κ1) is 40.1. The Morgan fingerprint density at radius 1 is 0.246 bits per heavy atom. The molecule has 0 fully saturated rings. The van der Waals surface area contributed by atoms with Gasteiger partial charge in [-0.15, -0.1) is 0 Å². The number of hydrogen-bond acceptors (Lipinski definition) is 2. The quantitative estimate of drug-likeness (QED) is 0.144. The highest BCUT2D eigenvalue weighted by atomic mass is 16.3. The van der Waals surface area contributed by atoms with E-state index in [1.807, 2.05) is 12.1 Å². The molecule has 13 aromatic rings. The summed E-state index contributed by atoms with van der Waals surface area (Å²) in [4.78, 5) is 2.35. The fourth-order valence-electron chi connectivity index (χ4n) is 10.2. The third-order valence-electron chi connectivity index (χ3n) is 13.6. The van der Waals surface area contributed by atoms with Crippen molar-refractivity contribution in [3.63, 3.8) is 0 Å². The Kier molecular flexibility index (Phi) is 9.84. The van der Waals surface area contributed by atoms with Gasteiger partial charge in [0.25, 0.3) is 0 Å².